The van der Waals surface area contributed by atoms with E-state index in [-0.39, 0.29) is 69.2 Å². The maximum absolute atomic E-state index is 0. The van der Waals surface area contributed by atoms with Crippen molar-refractivity contribution in [1.82, 2.24) is 0 Å². The van der Waals surface area contributed by atoms with Gasteiger partial charge in [0.15, 0.2) is 0 Å². The molecule has 0 N–H and O–H groups in total. The molecule has 0 aromatic heterocycles. The first-order chi connectivity index (χ1) is 0. The van der Waals surface area contributed by atoms with Crippen molar-refractivity contribution in [2.75, 3.05) is 0 Å². The Morgan fingerprint density at radius 3 is 1.00 bits per heavy atom. The molecule has 0 aliphatic heterocycles. The van der Waals surface area contributed by atoms with E-state index in [1.54, 1.807) is 0 Å². The van der Waals surface area contributed by atoms with E-state index in [4.69, 9.17) is 0 Å². The molecule has 0 aromatic rings. The topological polar surface area (TPSA) is 0 Å². The van der Waals surface area contributed by atoms with Gasteiger partial charge in [-0.3, -0.25) is 0 Å². The Balaban J connectivity index is 0. The Morgan fingerprint density at radius 1 is 1.00 bits per heavy atom. The van der Waals surface area contributed by atoms with Crippen LogP contribution < -0.4 is 60.8 Å². The first kappa shape index (κ1) is 38.3. The van der Waals surface area contributed by atoms with Crippen molar-refractivity contribution in [1.29, 1.82) is 0 Å². The first-order valence-electron chi connectivity index (χ1n) is 0. The summed E-state index contributed by atoms with van der Waals surface area (Å²) in [6.45, 7) is 0. The fraction of sp³-hybridized carbons (Fsp3) is 0. The van der Waals surface area contributed by atoms with Crippen LogP contribution in [0.3, 0.4) is 0 Å². The largest absolute Gasteiger partial charge is 1.00 e. The summed E-state index contributed by atoms with van der Waals surface area (Å²) in [4.78, 5) is 0. The van der Waals surface area contributed by atoms with Gasteiger partial charge in [0, 0.05) is 0 Å². The van der Waals surface area contributed by atoms with E-state index in [0.717, 1.165) is 0 Å². The van der Waals surface area contributed by atoms with Crippen LogP contribution in [0.25, 0.3) is 0 Å². The second-order valence-corrected chi connectivity index (χ2v) is 0. The average Bonchev–Trinajstić information content (AvgIpc) is 0. The average molecular weight is 76.2 g/mol. The summed E-state index contributed by atoms with van der Waals surface area (Å²) >= 11 is 0. The van der Waals surface area contributed by atoms with Crippen molar-refractivity contribution in [2.45, 2.75) is 0 Å². The molecule has 0 spiro atoms. The normalized spacial score (nSPS) is 0. The molecule has 0 amide bonds. The molecule has 0 nitrogen and oxygen atoms in total. The maximum atomic E-state index is 0. The van der Waals surface area contributed by atoms with Crippen molar-refractivity contribution in [2.24, 2.45) is 0 Å². The molecule has 0 aliphatic rings. The Kier molecular flexibility index (Phi) is 194. The minimum absolute atomic E-state index is 0. The van der Waals surface area contributed by atoms with Gasteiger partial charge in [0.25, 0.3) is 0 Å². The van der Waals surface area contributed by atoms with E-state index in [0.29, 0.717) is 0 Å². The van der Waals surface area contributed by atoms with Crippen molar-refractivity contribution in [3.05, 3.63) is 0 Å². The molecule has 0 aromatic carbocycles. The molecule has 4 radical (unpaired) electrons. The number of hydrogen-bond donors (Lipinski definition) is 0. The predicted octanol–water partition coefficient (Wildman–Crippen LogP) is -9.37. The molecule has 0 aliphatic carbocycles. The predicted molar refractivity (Wildman–Crippen MR) is 5.75 cm³/mol. The van der Waals surface area contributed by atoms with Crippen LogP contribution in [0.15, 0.2) is 0 Å². The van der Waals surface area contributed by atoms with Crippen LogP contribution in [-0.4, -0.2) is 8.41 Å². The van der Waals surface area contributed by atoms with E-state index < -0.39 is 0 Å². The molecular weight excluding hydrogens is 76.2 g/mol. The van der Waals surface area contributed by atoms with Crippen LogP contribution in [-0.2, 0) is 0 Å². The minimum atomic E-state index is 0. The molecule has 0 saturated heterocycles. The van der Waals surface area contributed by atoms with Gasteiger partial charge in [-0.05, 0) is 0 Å². The monoisotopic (exact) mass is 76.0 g/mol. The fourth-order valence-electron chi connectivity index (χ4n) is 0. The van der Waals surface area contributed by atoms with Gasteiger partial charge in [0.2, 0.25) is 0 Å². The van der Waals surface area contributed by atoms with E-state index in [2.05, 4.69) is 0 Å². The molecule has 4 heteroatoms. The number of hydrogen-bond acceptors (Lipinski definition) is 0. The van der Waals surface area contributed by atoms with Crippen LogP contribution in [0, 0.1) is 0 Å². The Bertz CT molecular complexity index is 8.00. The van der Waals surface area contributed by atoms with E-state index in [9.17, 15) is 0 Å². The third kappa shape index (κ3) is 9.04. The van der Waals surface area contributed by atoms with Gasteiger partial charge in [-0.15, -0.1) is 0 Å². The maximum Gasteiger partial charge on any atom is 1.00 e. The SMILES string of the molecule is [B-].[Cl-].[Li+].[Na+]. The van der Waals surface area contributed by atoms with E-state index >= 15 is 0 Å². The van der Waals surface area contributed by atoms with Gasteiger partial charge in [-0.25, -0.2) is 0 Å². The van der Waals surface area contributed by atoms with Crippen LogP contribution in [0.1, 0.15) is 0 Å². The first-order valence-corrected chi connectivity index (χ1v) is 0. The molecule has 0 bridgehead atoms. The summed E-state index contributed by atoms with van der Waals surface area (Å²) < 4.78 is 0. The molecule has 12 valence electrons. The molecular formula is BClLiNa. The molecule has 0 atom stereocenters. The number of halogens is 1. The van der Waals surface area contributed by atoms with Crippen LogP contribution in [0.4, 0.5) is 0 Å². The van der Waals surface area contributed by atoms with Crippen molar-refractivity contribution in [3.63, 3.8) is 0 Å². The van der Waals surface area contributed by atoms with E-state index in [1.165, 1.54) is 0 Å². The summed E-state index contributed by atoms with van der Waals surface area (Å²) in [5.41, 5.74) is 0. The van der Waals surface area contributed by atoms with Crippen molar-refractivity contribution >= 4 is 8.41 Å². The molecule has 0 unspecified atom stereocenters. The van der Waals surface area contributed by atoms with Gasteiger partial charge in [0.1, 0.15) is 0 Å². The van der Waals surface area contributed by atoms with Gasteiger partial charge in [0.05, 0.1) is 0 Å². The van der Waals surface area contributed by atoms with Gasteiger partial charge in [-0.1, -0.05) is 0 Å². The van der Waals surface area contributed by atoms with Gasteiger partial charge in [-0.2, -0.15) is 0 Å². The zero-order valence-corrected chi connectivity index (χ0v) is 5.71. The van der Waals surface area contributed by atoms with Crippen molar-refractivity contribution in [3.8, 4) is 0 Å². The summed E-state index contributed by atoms with van der Waals surface area (Å²) in [5.74, 6) is 0. The molecule has 0 saturated carbocycles. The molecule has 0 rings (SSSR count). The molecule has 4 heavy (non-hydrogen) atoms. The van der Waals surface area contributed by atoms with E-state index in [1.807, 2.05) is 0 Å². The Morgan fingerprint density at radius 2 is 1.00 bits per heavy atom. The summed E-state index contributed by atoms with van der Waals surface area (Å²) in [5, 5.41) is 0. The Hall–Kier alpha value is 1.95. The molecule has 0 fully saturated rings. The quantitative estimate of drug-likeness (QED) is 0.251. The van der Waals surface area contributed by atoms with Crippen LogP contribution in [0.2, 0.25) is 0 Å². The zero-order chi connectivity index (χ0) is 0. The summed E-state index contributed by atoms with van der Waals surface area (Å²) in [6.07, 6.45) is 0. The fourth-order valence-corrected chi connectivity index (χ4v) is 0. The summed E-state index contributed by atoms with van der Waals surface area (Å²) in [7, 11) is 0. The standard InChI is InChI=1S/B.ClH.Li.Na/h;1H;;/q-1;;2*+1/p-1. The minimum Gasteiger partial charge on any atom is -1.00 e. The molecule has 0 heterocycles. The second-order valence-electron chi connectivity index (χ2n) is 0. The number of rotatable bonds is 0. The summed E-state index contributed by atoms with van der Waals surface area (Å²) in [6, 6.07) is 0. The third-order valence-corrected chi connectivity index (χ3v) is 0. The van der Waals surface area contributed by atoms with Crippen molar-refractivity contribution < 1.29 is 60.8 Å². The smallest absolute Gasteiger partial charge is 1.00 e. The zero-order valence-electron chi connectivity index (χ0n) is 2.96. The van der Waals surface area contributed by atoms with Gasteiger partial charge < -0.3 is 20.8 Å². The van der Waals surface area contributed by atoms with Crippen LogP contribution >= 0.6 is 0 Å². The van der Waals surface area contributed by atoms with Crippen LogP contribution in [0.5, 0.6) is 0 Å². The van der Waals surface area contributed by atoms with Gasteiger partial charge >= 0.3 is 48.4 Å². The Labute approximate surface area is 68.6 Å². The second kappa shape index (κ2) is 20.3. The third-order valence-electron chi connectivity index (χ3n) is 0.